The summed E-state index contributed by atoms with van der Waals surface area (Å²) in [5.74, 6) is 0.459. The quantitative estimate of drug-likeness (QED) is 0.427. The Bertz CT molecular complexity index is 432. The largest absolute Gasteiger partial charge is 0.490 e. The van der Waals surface area contributed by atoms with Gasteiger partial charge in [0.25, 0.3) is 0 Å². The second kappa shape index (κ2) is 8.14. The third-order valence-electron chi connectivity index (χ3n) is 2.55. The van der Waals surface area contributed by atoms with Gasteiger partial charge in [0.05, 0.1) is 6.10 Å². The van der Waals surface area contributed by atoms with Crippen molar-refractivity contribution in [2.45, 2.75) is 26.4 Å². The summed E-state index contributed by atoms with van der Waals surface area (Å²) < 4.78 is 10.5. The van der Waals surface area contributed by atoms with Crippen molar-refractivity contribution in [2.24, 2.45) is 0 Å². The Morgan fingerprint density at radius 2 is 2.05 bits per heavy atom. The van der Waals surface area contributed by atoms with E-state index in [2.05, 4.69) is 6.58 Å². The molecule has 0 amide bonds. The number of ether oxygens (including phenoxy) is 2. The van der Waals surface area contributed by atoms with Gasteiger partial charge in [-0.1, -0.05) is 31.7 Å². The van der Waals surface area contributed by atoms with Crippen LogP contribution in [0.5, 0.6) is 5.75 Å². The van der Waals surface area contributed by atoms with E-state index < -0.39 is 0 Å². The Hall–Kier alpha value is -2.03. The van der Waals surface area contributed by atoms with Gasteiger partial charge in [-0.25, -0.2) is 4.79 Å². The zero-order chi connectivity index (χ0) is 14.1. The molecule has 1 aromatic rings. The number of hydrogen-bond acceptors (Lipinski definition) is 3. The highest BCUT2D eigenvalue weighted by molar-refractivity contribution is 5.87. The minimum Gasteiger partial charge on any atom is -0.490 e. The summed E-state index contributed by atoms with van der Waals surface area (Å²) in [5.41, 5.74) is 0.923. The maximum absolute atomic E-state index is 11.4. The number of esters is 1. The summed E-state index contributed by atoms with van der Waals surface area (Å²) >= 11 is 0. The van der Waals surface area contributed by atoms with E-state index in [1.807, 2.05) is 38.1 Å². The molecule has 102 valence electrons. The lowest BCUT2D eigenvalue weighted by Crippen LogP contribution is -2.11. The van der Waals surface area contributed by atoms with Crippen LogP contribution in [-0.4, -0.2) is 18.7 Å². The first-order chi connectivity index (χ1) is 9.15. The van der Waals surface area contributed by atoms with Gasteiger partial charge < -0.3 is 9.47 Å². The van der Waals surface area contributed by atoms with E-state index in [1.165, 1.54) is 6.08 Å². The minimum atomic E-state index is -0.318. The van der Waals surface area contributed by atoms with E-state index in [0.717, 1.165) is 17.7 Å². The van der Waals surface area contributed by atoms with E-state index in [4.69, 9.17) is 9.47 Å². The summed E-state index contributed by atoms with van der Waals surface area (Å²) in [6.07, 6.45) is 5.62. The van der Waals surface area contributed by atoms with E-state index in [0.29, 0.717) is 6.61 Å². The van der Waals surface area contributed by atoms with Gasteiger partial charge in [-0.3, -0.25) is 0 Å². The molecule has 0 aliphatic rings. The van der Waals surface area contributed by atoms with Crippen LogP contribution in [0.25, 0.3) is 6.08 Å². The van der Waals surface area contributed by atoms with Crippen molar-refractivity contribution in [3.05, 3.63) is 48.6 Å². The Kier molecular flexibility index (Phi) is 6.44. The maximum Gasteiger partial charge on any atom is 0.331 e. The molecular weight excluding hydrogens is 240 g/mol. The van der Waals surface area contributed by atoms with Crippen molar-refractivity contribution in [2.75, 3.05) is 6.61 Å². The average molecular weight is 260 g/mol. The summed E-state index contributed by atoms with van der Waals surface area (Å²) in [5, 5.41) is 0. The molecule has 0 fully saturated rings. The Labute approximate surface area is 114 Å². The average Bonchev–Trinajstić information content (AvgIpc) is 2.43. The predicted molar refractivity (Wildman–Crippen MR) is 77.0 cm³/mol. The van der Waals surface area contributed by atoms with Gasteiger partial charge in [-0.15, -0.1) is 0 Å². The zero-order valence-corrected chi connectivity index (χ0v) is 11.5. The van der Waals surface area contributed by atoms with E-state index in [-0.39, 0.29) is 12.1 Å². The fourth-order valence-corrected chi connectivity index (χ4v) is 1.32. The number of rotatable bonds is 7. The molecule has 1 unspecified atom stereocenters. The van der Waals surface area contributed by atoms with Crippen LogP contribution in [0, 0.1) is 0 Å². The molecule has 0 bridgehead atoms. The van der Waals surface area contributed by atoms with Crippen LogP contribution in [0.15, 0.2) is 43.0 Å². The first-order valence-corrected chi connectivity index (χ1v) is 6.38. The van der Waals surface area contributed by atoms with Gasteiger partial charge in [0, 0.05) is 6.08 Å². The molecule has 0 heterocycles. The Morgan fingerprint density at radius 3 is 2.63 bits per heavy atom. The normalized spacial score (nSPS) is 12.1. The Balaban J connectivity index is 2.52. The molecule has 19 heavy (non-hydrogen) atoms. The number of carbonyl (C=O) groups is 1. The molecule has 1 rings (SSSR count). The number of carbonyl (C=O) groups excluding carboxylic acids is 1. The standard InChI is InChI=1S/C16H20O3/c1-4-12-18-15-9-6-14(7-10-15)8-11-16(17)19-13(3)5-2/h4,6-11,13H,1,5,12H2,2-3H3. The van der Waals surface area contributed by atoms with Crippen LogP contribution in [0.1, 0.15) is 25.8 Å². The van der Waals surface area contributed by atoms with Crippen molar-refractivity contribution in [3.63, 3.8) is 0 Å². The monoisotopic (exact) mass is 260 g/mol. The van der Waals surface area contributed by atoms with Crippen LogP contribution in [0.3, 0.4) is 0 Å². The molecule has 0 radical (unpaired) electrons. The molecular formula is C16H20O3. The van der Waals surface area contributed by atoms with Crippen molar-refractivity contribution in [3.8, 4) is 5.75 Å². The molecule has 0 aliphatic heterocycles. The van der Waals surface area contributed by atoms with Crippen LogP contribution >= 0.6 is 0 Å². The highest BCUT2D eigenvalue weighted by Gasteiger charge is 2.03. The van der Waals surface area contributed by atoms with Crippen molar-refractivity contribution >= 4 is 12.0 Å². The lowest BCUT2D eigenvalue weighted by molar-refractivity contribution is -0.142. The predicted octanol–water partition coefficient (Wildman–Crippen LogP) is 3.61. The van der Waals surface area contributed by atoms with Crippen molar-refractivity contribution in [1.82, 2.24) is 0 Å². The van der Waals surface area contributed by atoms with E-state index in [1.54, 1.807) is 12.2 Å². The van der Waals surface area contributed by atoms with Crippen LogP contribution in [0.4, 0.5) is 0 Å². The van der Waals surface area contributed by atoms with E-state index >= 15 is 0 Å². The lowest BCUT2D eigenvalue weighted by atomic mass is 10.2. The van der Waals surface area contributed by atoms with Crippen LogP contribution in [-0.2, 0) is 9.53 Å². The van der Waals surface area contributed by atoms with Crippen molar-refractivity contribution < 1.29 is 14.3 Å². The molecule has 0 N–H and O–H groups in total. The molecule has 3 nitrogen and oxygen atoms in total. The summed E-state index contributed by atoms with van der Waals surface area (Å²) in [7, 11) is 0. The van der Waals surface area contributed by atoms with E-state index in [9.17, 15) is 4.79 Å². The van der Waals surface area contributed by atoms with Gasteiger partial charge >= 0.3 is 5.97 Å². The third kappa shape index (κ3) is 5.91. The first-order valence-electron chi connectivity index (χ1n) is 6.38. The summed E-state index contributed by atoms with van der Waals surface area (Å²) in [4.78, 5) is 11.4. The van der Waals surface area contributed by atoms with Gasteiger partial charge in [-0.05, 0) is 37.1 Å². The second-order valence-electron chi connectivity index (χ2n) is 4.16. The molecule has 1 aromatic carbocycles. The Morgan fingerprint density at radius 1 is 1.37 bits per heavy atom. The number of benzene rings is 1. The second-order valence-corrected chi connectivity index (χ2v) is 4.16. The van der Waals surface area contributed by atoms with Gasteiger partial charge in [0.15, 0.2) is 0 Å². The lowest BCUT2D eigenvalue weighted by Gasteiger charge is -2.07. The smallest absolute Gasteiger partial charge is 0.331 e. The highest BCUT2D eigenvalue weighted by Crippen LogP contribution is 2.13. The molecule has 0 aliphatic carbocycles. The molecule has 1 atom stereocenters. The van der Waals surface area contributed by atoms with Gasteiger partial charge in [0.1, 0.15) is 12.4 Å². The van der Waals surface area contributed by atoms with Gasteiger partial charge in [0.2, 0.25) is 0 Å². The molecule has 0 spiro atoms. The van der Waals surface area contributed by atoms with Crippen LogP contribution < -0.4 is 4.74 Å². The van der Waals surface area contributed by atoms with Crippen molar-refractivity contribution in [1.29, 1.82) is 0 Å². The fraction of sp³-hybridized carbons (Fsp3) is 0.312. The van der Waals surface area contributed by atoms with Gasteiger partial charge in [-0.2, -0.15) is 0 Å². The summed E-state index contributed by atoms with van der Waals surface area (Å²) in [6.45, 7) is 7.92. The highest BCUT2D eigenvalue weighted by atomic mass is 16.5. The SMILES string of the molecule is C=CCOc1ccc(C=CC(=O)OC(C)CC)cc1. The number of hydrogen-bond donors (Lipinski definition) is 0. The third-order valence-corrected chi connectivity index (χ3v) is 2.55. The minimum absolute atomic E-state index is 0.0492. The molecule has 0 saturated heterocycles. The molecule has 0 aromatic heterocycles. The first kappa shape index (κ1) is 15.0. The zero-order valence-electron chi connectivity index (χ0n) is 11.5. The fourth-order valence-electron chi connectivity index (χ4n) is 1.32. The molecule has 0 saturated carbocycles. The summed E-state index contributed by atoms with van der Waals surface area (Å²) in [6, 6.07) is 7.46. The molecule has 3 heteroatoms. The topological polar surface area (TPSA) is 35.5 Å². The van der Waals surface area contributed by atoms with Crippen LogP contribution in [0.2, 0.25) is 0 Å². The maximum atomic E-state index is 11.4.